The lowest BCUT2D eigenvalue weighted by molar-refractivity contribution is 0.0719. The molecule has 0 spiro atoms. The zero-order valence-corrected chi connectivity index (χ0v) is 12.7. The van der Waals surface area contributed by atoms with E-state index in [0.717, 1.165) is 12.8 Å². The first-order chi connectivity index (χ1) is 9.36. The Morgan fingerprint density at radius 1 is 1.35 bits per heavy atom. The van der Waals surface area contributed by atoms with Crippen molar-refractivity contribution in [3.8, 4) is 0 Å². The third kappa shape index (κ3) is 3.30. The Morgan fingerprint density at radius 2 is 1.90 bits per heavy atom. The number of hydrogen-bond donors (Lipinski definition) is 3. The van der Waals surface area contributed by atoms with Crippen molar-refractivity contribution in [2.75, 3.05) is 26.3 Å². The van der Waals surface area contributed by atoms with E-state index in [0.29, 0.717) is 45.1 Å². The van der Waals surface area contributed by atoms with Gasteiger partial charge < -0.3 is 10.5 Å². The van der Waals surface area contributed by atoms with Gasteiger partial charge in [-0.15, -0.1) is 0 Å². The molecule has 1 saturated heterocycles. The lowest BCUT2D eigenvalue weighted by Gasteiger charge is -2.40. The first kappa shape index (κ1) is 15.7. The Hall–Kier alpha value is -0.700. The quantitative estimate of drug-likeness (QED) is 0.503. The maximum atomic E-state index is 12.5. The molecule has 0 radical (unpaired) electrons. The number of morpholine rings is 1. The van der Waals surface area contributed by atoms with E-state index in [-0.39, 0.29) is 5.84 Å². The van der Waals surface area contributed by atoms with Gasteiger partial charge in [-0.05, 0) is 31.6 Å². The Balaban J connectivity index is 2.13. The van der Waals surface area contributed by atoms with Crippen molar-refractivity contribution in [2.45, 2.75) is 38.1 Å². The fourth-order valence-electron chi connectivity index (χ4n) is 2.78. The highest BCUT2D eigenvalue weighted by Gasteiger charge is 2.42. The van der Waals surface area contributed by atoms with Crippen LogP contribution in [-0.2, 0) is 14.9 Å². The van der Waals surface area contributed by atoms with E-state index in [4.69, 9.17) is 15.9 Å². The molecule has 20 heavy (non-hydrogen) atoms. The molecule has 7 nitrogen and oxygen atoms in total. The number of amidine groups is 1. The molecule has 116 valence electrons. The molecule has 2 aliphatic rings. The van der Waals surface area contributed by atoms with Gasteiger partial charge in [0.15, 0.2) is 0 Å². The maximum absolute atomic E-state index is 12.5. The highest BCUT2D eigenvalue weighted by atomic mass is 32.2. The van der Waals surface area contributed by atoms with Crippen molar-refractivity contribution >= 4 is 16.0 Å². The Morgan fingerprint density at radius 3 is 2.40 bits per heavy atom. The molecular formula is C12H24N4O3S. The molecule has 2 fully saturated rings. The van der Waals surface area contributed by atoms with Crippen molar-refractivity contribution in [1.82, 2.24) is 9.03 Å². The molecule has 0 aromatic rings. The second-order valence-corrected chi connectivity index (χ2v) is 7.47. The summed E-state index contributed by atoms with van der Waals surface area (Å²) >= 11 is 0. The minimum absolute atomic E-state index is 0.0822. The van der Waals surface area contributed by atoms with E-state index in [1.165, 1.54) is 4.31 Å². The van der Waals surface area contributed by atoms with Gasteiger partial charge in [0.2, 0.25) is 0 Å². The zero-order valence-electron chi connectivity index (χ0n) is 11.9. The topological polar surface area (TPSA) is 109 Å². The first-order valence-electron chi connectivity index (χ1n) is 7.07. The van der Waals surface area contributed by atoms with Gasteiger partial charge in [0.1, 0.15) is 5.84 Å². The van der Waals surface area contributed by atoms with Gasteiger partial charge in [0, 0.05) is 13.1 Å². The van der Waals surface area contributed by atoms with E-state index >= 15 is 0 Å². The van der Waals surface area contributed by atoms with Crippen molar-refractivity contribution in [3.05, 3.63) is 0 Å². The van der Waals surface area contributed by atoms with Crippen LogP contribution in [0, 0.1) is 11.3 Å². The van der Waals surface area contributed by atoms with Gasteiger partial charge >= 0.3 is 0 Å². The molecule has 0 aromatic carbocycles. The summed E-state index contributed by atoms with van der Waals surface area (Å²) in [4.78, 5) is 0. The molecule has 1 heterocycles. The Kier molecular flexibility index (Phi) is 4.68. The molecule has 1 saturated carbocycles. The van der Waals surface area contributed by atoms with Gasteiger partial charge in [-0.1, -0.05) is 6.92 Å². The minimum Gasteiger partial charge on any atom is -0.386 e. The largest absolute Gasteiger partial charge is 0.386 e. The summed E-state index contributed by atoms with van der Waals surface area (Å²) in [7, 11) is -3.62. The minimum atomic E-state index is -3.62. The predicted octanol–water partition coefficient (Wildman–Crippen LogP) is 0.0379. The highest BCUT2D eigenvalue weighted by molar-refractivity contribution is 7.87. The van der Waals surface area contributed by atoms with Crippen LogP contribution in [0.1, 0.15) is 32.6 Å². The Labute approximate surface area is 120 Å². The number of ether oxygens (including phenoxy) is 1. The maximum Gasteiger partial charge on any atom is 0.280 e. The van der Waals surface area contributed by atoms with Crippen molar-refractivity contribution in [1.29, 1.82) is 5.41 Å². The standard InChI is InChI=1S/C12H24N4O3S/c1-10-2-4-12(5-3-10,11(13)14)15-20(17,18)16-6-8-19-9-7-16/h10,15H,2-9H2,1H3,(H3,13,14). The van der Waals surface area contributed by atoms with E-state index in [1.54, 1.807) is 0 Å². The van der Waals surface area contributed by atoms with Crippen LogP contribution in [0.5, 0.6) is 0 Å². The van der Waals surface area contributed by atoms with Gasteiger partial charge in [-0.25, -0.2) is 0 Å². The summed E-state index contributed by atoms with van der Waals surface area (Å²) in [5.41, 5.74) is 4.78. The number of nitrogens with zero attached hydrogens (tertiary/aromatic N) is 1. The first-order valence-corrected chi connectivity index (χ1v) is 8.51. The van der Waals surface area contributed by atoms with Crippen LogP contribution in [0.2, 0.25) is 0 Å². The molecule has 1 aliphatic heterocycles. The molecule has 0 unspecified atom stereocenters. The average Bonchev–Trinajstić information content (AvgIpc) is 2.42. The summed E-state index contributed by atoms with van der Waals surface area (Å²) in [5, 5.41) is 7.80. The van der Waals surface area contributed by atoms with Crippen LogP contribution in [0.3, 0.4) is 0 Å². The smallest absolute Gasteiger partial charge is 0.280 e. The lowest BCUT2D eigenvalue weighted by Crippen LogP contribution is -2.62. The van der Waals surface area contributed by atoms with E-state index in [2.05, 4.69) is 11.6 Å². The molecule has 0 atom stereocenters. The summed E-state index contributed by atoms with van der Waals surface area (Å²) in [6.07, 6.45) is 2.94. The van der Waals surface area contributed by atoms with Gasteiger partial charge in [-0.3, -0.25) is 5.41 Å². The van der Waals surface area contributed by atoms with Crippen LogP contribution >= 0.6 is 0 Å². The van der Waals surface area contributed by atoms with Crippen LogP contribution in [0.4, 0.5) is 0 Å². The van der Waals surface area contributed by atoms with Gasteiger partial charge in [0.05, 0.1) is 18.8 Å². The molecular weight excluding hydrogens is 280 g/mol. The number of hydrogen-bond acceptors (Lipinski definition) is 4. The summed E-state index contributed by atoms with van der Waals surface area (Å²) in [6, 6.07) is 0. The molecule has 0 aromatic heterocycles. The van der Waals surface area contributed by atoms with Crippen LogP contribution in [0.15, 0.2) is 0 Å². The van der Waals surface area contributed by atoms with E-state index in [1.807, 2.05) is 0 Å². The summed E-state index contributed by atoms with van der Waals surface area (Å²) in [5.74, 6) is 0.469. The third-order valence-electron chi connectivity index (χ3n) is 4.28. The molecule has 0 bridgehead atoms. The van der Waals surface area contributed by atoms with Crippen LogP contribution in [0.25, 0.3) is 0 Å². The van der Waals surface area contributed by atoms with E-state index in [9.17, 15) is 8.42 Å². The molecule has 2 rings (SSSR count). The van der Waals surface area contributed by atoms with Gasteiger partial charge in [-0.2, -0.15) is 17.4 Å². The summed E-state index contributed by atoms with van der Waals surface area (Å²) < 4.78 is 34.1. The van der Waals surface area contributed by atoms with Crippen molar-refractivity contribution < 1.29 is 13.2 Å². The monoisotopic (exact) mass is 304 g/mol. The molecule has 1 aliphatic carbocycles. The van der Waals surface area contributed by atoms with E-state index < -0.39 is 15.7 Å². The third-order valence-corrected chi connectivity index (χ3v) is 5.97. The zero-order chi connectivity index (χ0) is 14.8. The second-order valence-electron chi connectivity index (χ2n) is 5.80. The van der Waals surface area contributed by atoms with Crippen LogP contribution < -0.4 is 10.5 Å². The fraction of sp³-hybridized carbons (Fsp3) is 0.917. The van der Waals surface area contributed by atoms with Crippen LogP contribution in [-0.4, -0.2) is 50.4 Å². The molecule has 0 amide bonds. The number of nitrogens with two attached hydrogens (primary N) is 1. The number of nitrogens with one attached hydrogen (secondary N) is 2. The summed E-state index contributed by atoms with van der Waals surface area (Å²) in [6.45, 7) is 3.65. The van der Waals surface area contributed by atoms with Crippen molar-refractivity contribution in [3.63, 3.8) is 0 Å². The predicted molar refractivity (Wildman–Crippen MR) is 76.7 cm³/mol. The molecule has 8 heteroatoms. The highest BCUT2D eigenvalue weighted by Crippen LogP contribution is 2.32. The Bertz CT molecular complexity index is 451. The molecule has 4 N–H and O–H groups in total. The SMILES string of the molecule is CC1CCC(NS(=O)(=O)N2CCOCC2)(C(=N)N)CC1. The number of rotatable bonds is 4. The second kappa shape index (κ2) is 5.97. The average molecular weight is 304 g/mol. The lowest BCUT2D eigenvalue weighted by atomic mass is 9.77. The fourth-order valence-corrected chi connectivity index (χ4v) is 4.35. The van der Waals surface area contributed by atoms with Gasteiger partial charge in [0.25, 0.3) is 10.2 Å². The van der Waals surface area contributed by atoms with Crippen molar-refractivity contribution in [2.24, 2.45) is 11.7 Å². The normalized spacial score (nSPS) is 33.0.